The smallest absolute Gasteiger partial charge is 0.172 e. The van der Waals surface area contributed by atoms with Crippen LogP contribution in [-0.2, 0) is 56.8 Å². The Hall–Kier alpha value is -1.07. The number of ether oxygens (including phenoxy) is 12. The summed E-state index contributed by atoms with van der Waals surface area (Å²) >= 11 is 0. The third-order valence-electron chi connectivity index (χ3n) is 14.7. The second kappa shape index (κ2) is 37.0. The highest BCUT2D eigenvalue weighted by molar-refractivity contribution is 5.06. The van der Waals surface area contributed by atoms with Crippen LogP contribution in [0.15, 0.2) is 0 Å². The number of aliphatic hydroxyl groups excluding tert-OH is 1. The molecule has 0 bridgehead atoms. The molecule has 1 aliphatic carbocycles. The molecule has 0 radical (unpaired) electrons. The Kier molecular flexibility index (Phi) is 34.6. The molecule has 0 aromatic rings. The molecule has 25 N–H and O–H groups in total. The van der Waals surface area contributed by atoms with E-state index in [1.165, 1.54) is 7.11 Å². The summed E-state index contributed by atoms with van der Waals surface area (Å²) in [5.41, 5.74) is 68.7. The Labute approximate surface area is 447 Å². The number of nitrogens with two attached hydrogens (primary N) is 12. The molecule has 75 heavy (non-hydrogen) atoms. The molecule has 7 rings (SSSR count). The van der Waals surface area contributed by atoms with Crippen molar-refractivity contribution < 1.29 is 66.3 Å². The molecule has 0 aromatic heterocycles. The lowest BCUT2D eigenvalue weighted by molar-refractivity contribution is -0.196. The highest BCUT2D eigenvalue weighted by Gasteiger charge is 2.49. The summed E-state index contributed by atoms with van der Waals surface area (Å²) in [4.78, 5) is 0. The minimum atomic E-state index is -0.573. The van der Waals surface area contributed by atoms with E-state index >= 15 is 0 Å². The summed E-state index contributed by atoms with van der Waals surface area (Å²) in [6.45, 7) is 3.90. The van der Waals surface area contributed by atoms with Gasteiger partial charge in [0, 0.05) is 66.8 Å². The summed E-state index contributed by atoms with van der Waals surface area (Å²) in [7, 11) is 9.52. The average Bonchev–Trinajstić information content (AvgIpc) is 4.19. The second-order valence-electron chi connectivity index (χ2n) is 20.7. The zero-order valence-corrected chi connectivity index (χ0v) is 46.6. The van der Waals surface area contributed by atoms with Gasteiger partial charge in [-0.2, -0.15) is 0 Å². The largest absolute Gasteiger partial charge is 0.395 e. The number of aliphatic hydroxyl groups is 1. The fourth-order valence-corrected chi connectivity index (χ4v) is 9.28. The highest BCUT2D eigenvalue weighted by Crippen LogP contribution is 2.41. The predicted molar refractivity (Wildman–Crippen MR) is 283 cm³/mol. The van der Waals surface area contributed by atoms with Crippen molar-refractivity contribution in [2.24, 2.45) is 68.8 Å². The van der Waals surface area contributed by atoms with Crippen molar-refractivity contribution in [3.05, 3.63) is 0 Å². The summed E-state index contributed by atoms with van der Waals surface area (Å²) in [6, 6.07) is -0.988. The maximum atomic E-state index is 12.2. The average molecular weight is 1090 g/mol. The molecular formula is C49H107FN12O13. The quantitative estimate of drug-likeness (QED) is 0.0839. The third-order valence-corrected chi connectivity index (χ3v) is 14.7. The van der Waals surface area contributed by atoms with Crippen molar-refractivity contribution in [2.75, 3.05) is 62.5 Å². The lowest BCUT2D eigenvalue weighted by Crippen LogP contribution is -2.51. The van der Waals surface area contributed by atoms with E-state index in [0.29, 0.717) is 13.0 Å². The highest BCUT2D eigenvalue weighted by atomic mass is 19.1. The molecule has 25 nitrogen and oxygen atoms in total. The van der Waals surface area contributed by atoms with E-state index in [-0.39, 0.29) is 128 Å². The summed E-state index contributed by atoms with van der Waals surface area (Å²) in [6.07, 6.45) is 11.8. The van der Waals surface area contributed by atoms with Crippen molar-refractivity contribution in [2.45, 2.75) is 250 Å². The zero-order chi connectivity index (χ0) is 56.4. The zero-order valence-electron chi connectivity index (χ0n) is 46.6. The Bertz CT molecular complexity index is 1370. The number of hydrogen-bond donors (Lipinski definition) is 13. The van der Waals surface area contributed by atoms with E-state index in [1.54, 1.807) is 35.5 Å². The predicted octanol–water partition coefficient (Wildman–Crippen LogP) is -2.06. The van der Waals surface area contributed by atoms with Gasteiger partial charge in [0.05, 0.1) is 91.6 Å². The number of methoxy groups -OCH3 is 6. The van der Waals surface area contributed by atoms with Gasteiger partial charge in [-0.1, -0.05) is 6.92 Å². The molecule has 16 unspecified atom stereocenters. The molecule has 7 fully saturated rings. The van der Waals surface area contributed by atoms with Gasteiger partial charge in [0.1, 0.15) is 6.67 Å². The summed E-state index contributed by atoms with van der Waals surface area (Å²) in [5, 5.41) is 8.83. The first-order valence-corrected chi connectivity index (χ1v) is 27.0. The molecule has 7 aliphatic rings. The van der Waals surface area contributed by atoms with Crippen LogP contribution in [0.2, 0.25) is 0 Å². The minimum absolute atomic E-state index is 0.00259. The molecule has 0 spiro atoms. The van der Waals surface area contributed by atoms with Gasteiger partial charge < -0.3 is 131 Å². The standard InChI is InChI=1S/C9H18N2O2.C9H20N2O2.C8H17FN2O2.C8H18N2O3.C8H18N2O2.C7H16N2O2/c1-12-8-6(10)2-3-7(13-8)9(11)4-5-9;1-3-6(10)8-5-4-7(11)9(12-2)13-8;1-12-8-5(10)2-3-7(13-8)6(11)4-9;1-12-8-5(9)2-3-7(13-8)6(10)4-11;1-5(9)7-4-3-6(10)8(11-2)12-7;1-10-7-6(9)3-2-5(4-8)11-7/h6-8H,2-5,10-11H2,1H3;6-9H,3-5,10-11H2,1-2H3;5-8H,2-4,10-11H2,1H3;5-8,11H,2-4,9-10H2,1H3;5-8H,3-4,9-10H2,1-2H3;5-7H,2-4,8-9H2,1H3/t6?,7?,8-;6?,7?,8?,9-;3*5?,6?,7?,8-;5?,6?,7-/m000000/s1. The Balaban J connectivity index is 0.000000308. The fraction of sp³-hybridized carbons (Fsp3) is 1.00. The summed E-state index contributed by atoms with van der Waals surface area (Å²) in [5.74, 6) is 0. The van der Waals surface area contributed by atoms with Crippen molar-refractivity contribution in [3.8, 4) is 0 Å². The van der Waals surface area contributed by atoms with Crippen LogP contribution >= 0.6 is 0 Å². The Morgan fingerprint density at radius 3 is 1.13 bits per heavy atom. The maximum absolute atomic E-state index is 12.2. The van der Waals surface area contributed by atoms with Crippen LogP contribution in [0.3, 0.4) is 0 Å². The van der Waals surface area contributed by atoms with E-state index < -0.39 is 25.3 Å². The number of alkyl halides is 1. The molecular weight excluding hydrogens is 984 g/mol. The van der Waals surface area contributed by atoms with E-state index in [4.69, 9.17) is 131 Å². The Morgan fingerprint density at radius 1 is 0.480 bits per heavy atom. The molecule has 448 valence electrons. The van der Waals surface area contributed by atoms with Crippen LogP contribution in [0.25, 0.3) is 0 Å². The van der Waals surface area contributed by atoms with Crippen LogP contribution < -0.4 is 68.8 Å². The van der Waals surface area contributed by atoms with Gasteiger partial charge >= 0.3 is 0 Å². The molecule has 6 saturated heterocycles. The minimum Gasteiger partial charge on any atom is -0.395 e. The van der Waals surface area contributed by atoms with Gasteiger partial charge in [-0.15, -0.1) is 0 Å². The van der Waals surface area contributed by atoms with Crippen molar-refractivity contribution in [1.82, 2.24) is 0 Å². The first-order chi connectivity index (χ1) is 35.6. The van der Waals surface area contributed by atoms with Crippen LogP contribution in [0, 0.1) is 0 Å². The van der Waals surface area contributed by atoms with Crippen LogP contribution in [-0.4, -0.2) is 208 Å². The maximum Gasteiger partial charge on any atom is 0.172 e. The van der Waals surface area contributed by atoms with Gasteiger partial charge in [0.15, 0.2) is 37.7 Å². The SMILES string of the molecule is CCC(N)C1CCC(N)[C@@H](OC)O1.CO[C@H]1OC(C(C)N)CCC1N.CO[C@H]1OC(C(N)CF)CCC1N.CO[C@H]1OC(C(N)CO)CCC1N.CO[C@H]1OC(C2(N)CC2)CCC1N.CO[C@H]1OC(CN)CCC1N. The van der Waals surface area contributed by atoms with Crippen LogP contribution in [0.4, 0.5) is 4.39 Å². The van der Waals surface area contributed by atoms with Gasteiger partial charge in [-0.3, -0.25) is 0 Å². The van der Waals surface area contributed by atoms with E-state index in [2.05, 4.69) is 6.92 Å². The van der Waals surface area contributed by atoms with Crippen molar-refractivity contribution in [3.63, 3.8) is 0 Å². The van der Waals surface area contributed by atoms with Gasteiger partial charge in [-0.05, 0) is 103 Å². The molecule has 6 heterocycles. The van der Waals surface area contributed by atoms with Crippen LogP contribution in [0.5, 0.6) is 0 Å². The molecule has 6 aliphatic heterocycles. The molecule has 22 atom stereocenters. The summed E-state index contributed by atoms with van der Waals surface area (Å²) < 4.78 is 75.8. The monoisotopic (exact) mass is 1090 g/mol. The number of hydrogen-bond acceptors (Lipinski definition) is 25. The molecule has 0 amide bonds. The second-order valence-corrected chi connectivity index (χ2v) is 20.7. The van der Waals surface area contributed by atoms with E-state index in [9.17, 15) is 4.39 Å². The van der Waals surface area contributed by atoms with Gasteiger partial charge in [-0.25, -0.2) is 4.39 Å². The van der Waals surface area contributed by atoms with Crippen LogP contribution in [0.1, 0.15) is 110 Å². The van der Waals surface area contributed by atoms with Gasteiger partial charge in [0.2, 0.25) is 0 Å². The van der Waals surface area contributed by atoms with E-state index in [0.717, 1.165) is 89.9 Å². The first kappa shape index (κ1) is 70.0. The number of rotatable bonds is 15. The topological polar surface area (TPSA) is 443 Å². The normalized spacial score (nSPS) is 39.0. The number of halogens is 1. The molecule has 0 aromatic carbocycles. The molecule has 1 saturated carbocycles. The first-order valence-electron chi connectivity index (χ1n) is 27.0. The third kappa shape index (κ3) is 23.9. The lowest BCUT2D eigenvalue weighted by atomic mass is 9.98. The van der Waals surface area contributed by atoms with Gasteiger partial charge in [0.25, 0.3) is 0 Å². The van der Waals surface area contributed by atoms with Crippen molar-refractivity contribution in [1.29, 1.82) is 0 Å². The fourth-order valence-electron chi connectivity index (χ4n) is 9.28. The van der Waals surface area contributed by atoms with Crippen molar-refractivity contribution >= 4 is 0 Å². The Morgan fingerprint density at radius 2 is 0.800 bits per heavy atom. The lowest BCUT2D eigenvalue weighted by Gasteiger charge is -2.36. The molecule has 26 heteroatoms. The van der Waals surface area contributed by atoms with E-state index in [1.807, 2.05) is 6.92 Å².